The highest BCUT2D eigenvalue weighted by atomic mass is 35.5. The highest BCUT2D eigenvalue weighted by Gasteiger charge is 2.12. The minimum Gasteiger partial charge on any atom is -0.496 e. The van der Waals surface area contributed by atoms with Gasteiger partial charge in [0.05, 0.1) is 24.0 Å². The lowest BCUT2D eigenvalue weighted by Gasteiger charge is -2.11. The van der Waals surface area contributed by atoms with Crippen LogP contribution < -0.4 is 4.74 Å². The number of aromatic nitrogens is 2. The molecule has 1 heterocycles. The molecule has 0 atom stereocenters. The van der Waals surface area contributed by atoms with Crippen LogP contribution in [0.15, 0.2) is 36.4 Å². The zero-order valence-electron chi connectivity index (χ0n) is 12.4. The summed E-state index contributed by atoms with van der Waals surface area (Å²) in [5.41, 5.74) is 5.37. The van der Waals surface area contributed by atoms with Crippen molar-refractivity contribution in [1.82, 2.24) is 9.55 Å². The Morgan fingerprint density at radius 2 is 1.95 bits per heavy atom. The third-order valence-electron chi connectivity index (χ3n) is 3.64. The lowest BCUT2D eigenvalue weighted by Crippen LogP contribution is -2.00. The van der Waals surface area contributed by atoms with E-state index in [0.717, 1.165) is 33.9 Å². The summed E-state index contributed by atoms with van der Waals surface area (Å²) < 4.78 is 7.43. The molecule has 0 spiro atoms. The first kappa shape index (κ1) is 14.0. The molecule has 0 aliphatic carbocycles. The van der Waals surface area contributed by atoms with Crippen LogP contribution in [0.4, 0.5) is 0 Å². The van der Waals surface area contributed by atoms with Crippen LogP contribution in [-0.2, 0) is 5.88 Å². The van der Waals surface area contributed by atoms with Crippen molar-refractivity contribution in [2.45, 2.75) is 19.7 Å². The van der Waals surface area contributed by atoms with Crippen LogP contribution in [0.5, 0.6) is 5.75 Å². The van der Waals surface area contributed by atoms with Gasteiger partial charge in [0.15, 0.2) is 0 Å². The molecule has 2 aromatic carbocycles. The summed E-state index contributed by atoms with van der Waals surface area (Å²) in [5.74, 6) is 2.10. The number of alkyl halides is 1. The zero-order valence-corrected chi connectivity index (χ0v) is 13.1. The predicted octanol–water partition coefficient (Wildman–Crippen LogP) is 4.39. The largest absolute Gasteiger partial charge is 0.496 e. The third kappa shape index (κ3) is 2.38. The Morgan fingerprint density at radius 3 is 2.62 bits per heavy atom. The van der Waals surface area contributed by atoms with E-state index in [0.29, 0.717) is 5.88 Å². The van der Waals surface area contributed by atoms with E-state index in [2.05, 4.69) is 40.7 Å². The Labute approximate surface area is 129 Å². The van der Waals surface area contributed by atoms with E-state index in [1.807, 2.05) is 19.1 Å². The van der Waals surface area contributed by atoms with Crippen LogP contribution in [0.3, 0.4) is 0 Å². The van der Waals surface area contributed by atoms with Crippen molar-refractivity contribution in [3.63, 3.8) is 0 Å². The number of fused-ring (bicyclic) bond motifs is 1. The number of methoxy groups -OCH3 is 1. The number of hydrogen-bond donors (Lipinski definition) is 0. The lowest BCUT2D eigenvalue weighted by atomic mass is 10.2. The van der Waals surface area contributed by atoms with Gasteiger partial charge in [-0.2, -0.15) is 0 Å². The molecule has 3 nitrogen and oxygen atoms in total. The summed E-state index contributed by atoms with van der Waals surface area (Å²) in [4.78, 5) is 4.64. The van der Waals surface area contributed by atoms with Crippen molar-refractivity contribution >= 4 is 22.6 Å². The molecule has 1 aromatic heterocycles. The van der Waals surface area contributed by atoms with Crippen LogP contribution in [0.25, 0.3) is 16.7 Å². The molecule has 0 aliphatic heterocycles. The van der Waals surface area contributed by atoms with Crippen LogP contribution in [-0.4, -0.2) is 16.7 Å². The average Bonchev–Trinajstić information content (AvgIpc) is 2.84. The van der Waals surface area contributed by atoms with Gasteiger partial charge in [-0.3, -0.25) is 4.57 Å². The minimum atomic E-state index is 0.374. The van der Waals surface area contributed by atoms with Gasteiger partial charge in [0.1, 0.15) is 11.6 Å². The number of nitrogens with zero attached hydrogens (tertiary/aromatic N) is 2. The fourth-order valence-electron chi connectivity index (χ4n) is 2.62. The average molecular weight is 301 g/mol. The summed E-state index contributed by atoms with van der Waals surface area (Å²) in [6.07, 6.45) is 0. The summed E-state index contributed by atoms with van der Waals surface area (Å²) in [6, 6.07) is 12.4. The van der Waals surface area contributed by atoms with Crippen LogP contribution >= 0.6 is 11.6 Å². The van der Waals surface area contributed by atoms with E-state index in [1.54, 1.807) is 7.11 Å². The number of halogens is 1. The van der Waals surface area contributed by atoms with Gasteiger partial charge in [-0.15, -0.1) is 11.6 Å². The number of rotatable bonds is 3. The van der Waals surface area contributed by atoms with Crippen molar-refractivity contribution in [3.05, 3.63) is 53.3 Å². The number of benzene rings is 2. The molecule has 0 aliphatic rings. The molecule has 3 aromatic rings. The van der Waals surface area contributed by atoms with Crippen molar-refractivity contribution < 1.29 is 4.74 Å². The zero-order chi connectivity index (χ0) is 15.0. The molecule has 0 amide bonds. The van der Waals surface area contributed by atoms with Gasteiger partial charge in [-0.05, 0) is 55.3 Å². The van der Waals surface area contributed by atoms with Gasteiger partial charge in [0, 0.05) is 5.69 Å². The van der Waals surface area contributed by atoms with E-state index >= 15 is 0 Å². The van der Waals surface area contributed by atoms with Crippen molar-refractivity contribution in [2.24, 2.45) is 0 Å². The maximum Gasteiger partial charge on any atom is 0.129 e. The standard InChI is InChI=1S/C17H17ClN2O/c1-11-4-6-15-14(8-11)19-17(10-18)20(15)13-5-7-16(21-3)12(2)9-13/h4-9H,10H2,1-3H3. The van der Waals surface area contributed by atoms with Crippen molar-refractivity contribution in [1.29, 1.82) is 0 Å². The first-order valence-corrected chi connectivity index (χ1v) is 7.36. The number of imidazole rings is 1. The van der Waals surface area contributed by atoms with Gasteiger partial charge >= 0.3 is 0 Å². The fourth-order valence-corrected chi connectivity index (χ4v) is 2.80. The molecule has 0 saturated heterocycles. The summed E-state index contributed by atoms with van der Waals surface area (Å²) in [7, 11) is 1.68. The first-order valence-electron chi connectivity index (χ1n) is 6.83. The van der Waals surface area contributed by atoms with Crippen LogP contribution in [0.1, 0.15) is 17.0 Å². The van der Waals surface area contributed by atoms with Gasteiger partial charge in [-0.25, -0.2) is 4.98 Å². The third-order valence-corrected chi connectivity index (χ3v) is 3.87. The van der Waals surface area contributed by atoms with Crippen molar-refractivity contribution in [2.75, 3.05) is 7.11 Å². The molecule has 3 rings (SSSR count). The molecule has 0 N–H and O–H groups in total. The van der Waals surface area contributed by atoms with Gasteiger partial charge in [0.2, 0.25) is 0 Å². The maximum atomic E-state index is 6.08. The highest BCUT2D eigenvalue weighted by Crippen LogP contribution is 2.27. The number of ether oxygens (including phenoxy) is 1. The second kappa shape index (κ2) is 5.41. The molecular formula is C17H17ClN2O. The predicted molar refractivity (Wildman–Crippen MR) is 86.7 cm³/mol. The molecule has 4 heteroatoms. The number of aryl methyl sites for hydroxylation is 2. The lowest BCUT2D eigenvalue weighted by molar-refractivity contribution is 0.411. The monoisotopic (exact) mass is 300 g/mol. The molecule has 0 bridgehead atoms. The molecule has 0 radical (unpaired) electrons. The second-order valence-electron chi connectivity index (χ2n) is 5.14. The smallest absolute Gasteiger partial charge is 0.129 e. The number of hydrogen-bond acceptors (Lipinski definition) is 2. The normalized spacial score (nSPS) is 11.0. The van der Waals surface area contributed by atoms with E-state index in [-0.39, 0.29) is 0 Å². The SMILES string of the molecule is COc1ccc(-n2c(CCl)nc3cc(C)ccc32)cc1C. The van der Waals surface area contributed by atoms with E-state index in [1.165, 1.54) is 5.56 Å². The quantitative estimate of drug-likeness (QED) is 0.671. The fraction of sp³-hybridized carbons (Fsp3) is 0.235. The van der Waals surface area contributed by atoms with Crippen LogP contribution in [0, 0.1) is 13.8 Å². The van der Waals surface area contributed by atoms with Gasteiger partial charge < -0.3 is 4.74 Å². The molecule has 0 fully saturated rings. The van der Waals surface area contributed by atoms with Gasteiger partial charge in [-0.1, -0.05) is 6.07 Å². The summed E-state index contributed by atoms with van der Waals surface area (Å²) >= 11 is 6.08. The maximum absolute atomic E-state index is 6.08. The highest BCUT2D eigenvalue weighted by molar-refractivity contribution is 6.17. The Morgan fingerprint density at radius 1 is 1.14 bits per heavy atom. The Balaban J connectivity index is 2.25. The Bertz CT molecular complexity index is 808. The molecule has 21 heavy (non-hydrogen) atoms. The first-order chi connectivity index (χ1) is 10.1. The van der Waals surface area contributed by atoms with Crippen molar-refractivity contribution in [3.8, 4) is 11.4 Å². The molecule has 0 saturated carbocycles. The molecule has 108 valence electrons. The Hall–Kier alpha value is -2.00. The summed E-state index contributed by atoms with van der Waals surface area (Å²) in [6.45, 7) is 4.10. The minimum absolute atomic E-state index is 0.374. The van der Waals surface area contributed by atoms with E-state index < -0.39 is 0 Å². The summed E-state index contributed by atoms with van der Waals surface area (Å²) in [5, 5.41) is 0. The van der Waals surface area contributed by atoms with Crippen LogP contribution in [0.2, 0.25) is 0 Å². The molecular weight excluding hydrogens is 284 g/mol. The van der Waals surface area contributed by atoms with E-state index in [9.17, 15) is 0 Å². The Kier molecular flexibility index (Phi) is 3.60. The molecule has 0 unspecified atom stereocenters. The second-order valence-corrected chi connectivity index (χ2v) is 5.41. The van der Waals surface area contributed by atoms with E-state index in [4.69, 9.17) is 16.3 Å². The van der Waals surface area contributed by atoms with Gasteiger partial charge in [0.25, 0.3) is 0 Å². The topological polar surface area (TPSA) is 27.1 Å².